The zero-order valence-corrected chi connectivity index (χ0v) is 28.8. The molecular formula is C39H36F2N4O5S. The molecule has 12 heteroatoms. The van der Waals surface area contributed by atoms with Gasteiger partial charge in [-0.3, -0.25) is 13.9 Å². The maximum Gasteiger partial charge on any atom is 0.255 e. The molecule has 0 aliphatic carbocycles. The summed E-state index contributed by atoms with van der Waals surface area (Å²) in [6, 6.07) is 26.9. The highest BCUT2D eigenvalue weighted by Gasteiger charge is 2.28. The van der Waals surface area contributed by atoms with Crippen LogP contribution in [0.3, 0.4) is 0 Å². The van der Waals surface area contributed by atoms with Gasteiger partial charge in [0.1, 0.15) is 23.8 Å². The molecule has 0 bridgehead atoms. The number of rotatable bonds is 9. The van der Waals surface area contributed by atoms with Gasteiger partial charge in [0.05, 0.1) is 35.7 Å². The summed E-state index contributed by atoms with van der Waals surface area (Å²) in [6.07, 6.45) is 2.04. The van der Waals surface area contributed by atoms with Crippen LogP contribution in [0.2, 0.25) is 0 Å². The number of nitrogens with zero attached hydrogens (tertiary/aromatic N) is 3. The van der Waals surface area contributed by atoms with E-state index in [0.717, 1.165) is 21.7 Å². The predicted molar refractivity (Wildman–Crippen MR) is 195 cm³/mol. The van der Waals surface area contributed by atoms with E-state index >= 15 is 0 Å². The lowest BCUT2D eigenvalue weighted by Crippen LogP contribution is -2.36. The van der Waals surface area contributed by atoms with Crippen LogP contribution in [0.4, 0.5) is 14.5 Å². The third-order valence-corrected chi connectivity index (χ3v) is 10.1. The molecule has 0 radical (unpaired) electrons. The summed E-state index contributed by atoms with van der Waals surface area (Å²) in [5.74, 6) is -1.08. The Labute approximate surface area is 295 Å². The second kappa shape index (κ2) is 14.6. The molecule has 2 amide bonds. The van der Waals surface area contributed by atoms with Gasteiger partial charge < -0.3 is 14.6 Å². The van der Waals surface area contributed by atoms with Crippen molar-refractivity contribution in [2.75, 3.05) is 43.9 Å². The minimum Gasteiger partial charge on any atom is -0.455 e. The molecule has 9 nitrogen and oxygen atoms in total. The number of nitrogens with one attached hydrogen (secondary N) is 1. The van der Waals surface area contributed by atoms with Crippen molar-refractivity contribution in [2.24, 2.45) is 0 Å². The maximum atomic E-state index is 13.9. The lowest BCUT2D eigenvalue weighted by Gasteiger charge is -2.29. The van der Waals surface area contributed by atoms with Gasteiger partial charge in [-0.25, -0.2) is 17.2 Å². The maximum absolute atomic E-state index is 13.9. The molecule has 2 heterocycles. The van der Waals surface area contributed by atoms with E-state index in [1.54, 1.807) is 35.2 Å². The normalized spacial score (nSPS) is 13.2. The van der Waals surface area contributed by atoms with Gasteiger partial charge in [0, 0.05) is 49.7 Å². The van der Waals surface area contributed by atoms with Crippen molar-refractivity contribution >= 4 is 44.1 Å². The number of benzene rings is 4. The highest BCUT2D eigenvalue weighted by Crippen LogP contribution is 2.42. The van der Waals surface area contributed by atoms with Crippen LogP contribution in [0.15, 0.2) is 101 Å². The smallest absolute Gasteiger partial charge is 0.255 e. The Morgan fingerprint density at radius 2 is 1.65 bits per heavy atom. The van der Waals surface area contributed by atoms with E-state index in [1.807, 2.05) is 30.3 Å². The second-order valence-electron chi connectivity index (χ2n) is 12.1. The lowest BCUT2D eigenvalue weighted by atomic mass is 9.93. The largest absolute Gasteiger partial charge is 0.455 e. The fraction of sp³-hybridized carbons (Fsp3) is 0.205. The minimum atomic E-state index is -4.01. The van der Waals surface area contributed by atoms with Crippen molar-refractivity contribution in [3.63, 3.8) is 0 Å². The van der Waals surface area contributed by atoms with Crippen LogP contribution in [0.1, 0.15) is 40.5 Å². The fourth-order valence-corrected chi connectivity index (χ4v) is 7.36. The van der Waals surface area contributed by atoms with Gasteiger partial charge >= 0.3 is 0 Å². The predicted octanol–water partition coefficient (Wildman–Crippen LogP) is 7.46. The van der Waals surface area contributed by atoms with E-state index < -0.39 is 35.0 Å². The molecule has 0 saturated carbocycles. The molecule has 1 aliphatic rings. The first kappa shape index (κ1) is 35.0. The molecule has 1 aliphatic heterocycles. The van der Waals surface area contributed by atoms with Crippen molar-refractivity contribution in [2.45, 2.75) is 12.8 Å². The number of hydrogen-bond acceptors (Lipinski definition) is 6. The third-order valence-electron chi connectivity index (χ3n) is 8.93. The zero-order valence-electron chi connectivity index (χ0n) is 27.9. The number of hydrogen-bond donors (Lipinski definition) is 1. The van der Waals surface area contributed by atoms with E-state index in [1.165, 1.54) is 37.4 Å². The number of allylic oxidation sites excluding steroid dienone is 1. The number of halogens is 2. The summed E-state index contributed by atoms with van der Waals surface area (Å²) in [4.78, 5) is 28.9. The molecule has 1 aromatic heterocycles. The third kappa shape index (κ3) is 7.11. The highest BCUT2D eigenvalue weighted by molar-refractivity contribution is 7.92. The molecule has 262 valence electrons. The number of nitriles is 1. The second-order valence-corrected chi connectivity index (χ2v) is 14.0. The summed E-state index contributed by atoms with van der Waals surface area (Å²) in [7, 11) is -2.56. The standard InChI is InChI=1S/C39H34F2N4O5S.H2/c1-43-38(46)36-32-22-31(34(45(20-17-40)51(2,48)49)23-35(32)50-37(36)27-11-13-30(41)14-12-27)28-9-6-10-29(21-28)39(47)44-18-15-26(16-19-44)33(24-42)25-7-4-3-5-8-25;/h3-14,21-23H,15-20H2,1-2H3,(H,43,46);1H. The first-order chi connectivity index (χ1) is 24.5. The van der Waals surface area contributed by atoms with Crippen molar-refractivity contribution in [1.82, 2.24) is 10.2 Å². The number of anilines is 1. The van der Waals surface area contributed by atoms with Crippen molar-refractivity contribution in [3.05, 3.63) is 119 Å². The fourth-order valence-electron chi connectivity index (χ4n) is 6.45. The van der Waals surface area contributed by atoms with Crippen molar-refractivity contribution in [3.8, 4) is 28.5 Å². The summed E-state index contributed by atoms with van der Waals surface area (Å²) in [5, 5.41) is 12.8. The van der Waals surface area contributed by atoms with Gasteiger partial charge in [0.25, 0.3) is 11.8 Å². The molecule has 5 aromatic rings. The van der Waals surface area contributed by atoms with Gasteiger partial charge in [-0.15, -0.1) is 0 Å². The number of carbonyl (C=O) groups is 2. The molecular weight excluding hydrogens is 675 g/mol. The molecule has 1 fully saturated rings. The lowest BCUT2D eigenvalue weighted by molar-refractivity contribution is 0.0743. The molecule has 0 unspecified atom stereocenters. The number of fused-ring (bicyclic) bond motifs is 1. The Balaban J connectivity index is 0.00000523. The summed E-state index contributed by atoms with van der Waals surface area (Å²) in [6.45, 7) is -0.652. The Hall–Kier alpha value is -5.80. The molecule has 6 rings (SSSR count). The van der Waals surface area contributed by atoms with Gasteiger partial charge in [-0.2, -0.15) is 5.26 Å². The molecule has 51 heavy (non-hydrogen) atoms. The molecule has 4 aromatic carbocycles. The average Bonchev–Trinajstić information content (AvgIpc) is 3.52. The number of carbonyl (C=O) groups excluding carboxylic acids is 2. The first-order valence-electron chi connectivity index (χ1n) is 16.2. The van der Waals surface area contributed by atoms with E-state index in [4.69, 9.17) is 4.42 Å². The van der Waals surface area contributed by atoms with Crippen LogP contribution in [0, 0.1) is 17.1 Å². The molecule has 1 saturated heterocycles. The van der Waals surface area contributed by atoms with Crippen molar-refractivity contribution in [1.29, 1.82) is 5.26 Å². The van der Waals surface area contributed by atoms with Crippen LogP contribution in [0.25, 0.3) is 39.0 Å². The van der Waals surface area contributed by atoms with Gasteiger partial charge in [0.2, 0.25) is 10.0 Å². The van der Waals surface area contributed by atoms with E-state index in [2.05, 4.69) is 11.4 Å². The van der Waals surface area contributed by atoms with Crippen LogP contribution in [-0.4, -0.2) is 64.7 Å². The van der Waals surface area contributed by atoms with Gasteiger partial charge in [-0.1, -0.05) is 42.5 Å². The first-order valence-corrected chi connectivity index (χ1v) is 18.1. The van der Waals surface area contributed by atoms with Crippen LogP contribution >= 0.6 is 0 Å². The van der Waals surface area contributed by atoms with Crippen LogP contribution < -0.4 is 9.62 Å². The van der Waals surface area contributed by atoms with Crippen LogP contribution in [0.5, 0.6) is 0 Å². The highest BCUT2D eigenvalue weighted by atomic mass is 32.2. The van der Waals surface area contributed by atoms with Gasteiger partial charge in [0.15, 0.2) is 0 Å². The molecule has 0 spiro atoms. The number of amides is 2. The van der Waals surface area contributed by atoms with Gasteiger partial charge in [-0.05, 0) is 72.0 Å². The summed E-state index contributed by atoms with van der Waals surface area (Å²) >= 11 is 0. The number of likely N-dealkylation sites (tertiary alicyclic amines) is 1. The number of sulfonamides is 1. The van der Waals surface area contributed by atoms with Crippen molar-refractivity contribution < 1.29 is 32.6 Å². The Morgan fingerprint density at radius 3 is 2.27 bits per heavy atom. The Morgan fingerprint density at radius 1 is 0.961 bits per heavy atom. The quantitative estimate of drug-likeness (QED) is 0.159. The number of furan rings is 1. The zero-order chi connectivity index (χ0) is 36.3. The number of piperidine rings is 1. The Bertz CT molecular complexity index is 2310. The monoisotopic (exact) mass is 710 g/mol. The van der Waals surface area contributed by atoms with E-state index in [0.29, 0.717) is 59.1 Å². The minimum absolute atomic E-state index is 0. The topological polar surface area (TPSA) is 124 Å². The average molecular weight is 711 g/mol. The Kier molecular flexibility index (Phi) is 10.0. The summed E-state index contributed by atoms with van der Waals surface area (Å²) < 4.78 is 60.8. The van der Waals surface area contributed by atoms with E-state index in [9.17, 15) is 32.0 Å². The van der Waals surface area contributed by atoms with E-state index in [-0.39, 0.29) is 29.9 Å². The molecule has 1 N–H and O–H groups in total. The summed E-state index contributed by atoms with van der Waals surface area (Å²) in [5.41, 5.74) is 4.35. The number of alkyl halides is 1. The van der Waals surface area contributed by atoms with Crippen LogP contribution in [-0.2, 0) is 10.0 Å². The SMILES string of the molecule is CNC(=O)c1c(-c2ccc(F)cc2)oc2cc(N(CCF)S(C)(=O)=O)c(-c3cccc(C(=O)N4CCC(=C(C#N)c5ccccc5)CC4)c3)cc12.[HH]. The molecule has 0 atom stereocenters.